The number of rotatable bonds is 5. The summed E-state index contributed by atoms with van der Waals surface area (Å²) in [6.07, 6.45) is 5.81. The predicted octanol–water partition coefficient (Wildman–Crippen LogP) is 2.23. The van der Waals surface area contributed by atoms with Crippen LogP contribution in [-0.2, 0) is 32.7 Å². The number of aliphatic imine (C=N–C) groups is 1. The quantitative estimate of drug-likeness (QED) is 0.453. The van der Waals surface area contributed by atoms with Gasteiger partial charge in [-0.3, -0.25) is 16.8 Å². The van der Waals surface area contributed by atoms with Crippen LogP contribution in [0, 0.1) is 18.9 Å². The van der Waals surface area contributed by atoms with Crippen LogP contribution in [-0.4, -0.2) is 29.9 Å². The standard InChI is InChI=1S/C15H23N4O2.CH4.Y/c1-19(14(20)13-3-2-8-21-13)10-12-6-4-11(5-7-12)9-18-15(16)17;;/h2-3,8,11-12H,1,4-7,9-10H2,(H4,16,17,18);1H4;/q-1;;. The Kier molecular flexibility index (Phi) is 10.4. The van der Waals surface area contributed by atoms with Crippen LogP contribution in [0.2, 0.25) is 0 Å². The van der Waals surface area contributed by atoms with Crippen molar-refractivity contribution in [1.82, 2.24) is 4.90 Å². The molecule has 1 fully saturated rings. The number of hydrogen-bond acceptors (Lipinski definition) is 3. The summed E-state index contributed by atoms with van der Waals surface area (Å²) < 4.78 is 5.11. The van der Waals surface area contributed by atoms with Crippen molar-refractivity contribution < 1.29 is 41.9 Å². The van der Waals surface area contributed by atoms with Crippen LogP contribution in [0.15, 0.2) is 27.8 Å². The largest absolute Gasteiger partial charge is 0.489 e. The molecule has 23 heavy (non-hydrogen) atoms. The van der Waals surface area contributed by atoms with Gasteiger partial charge >= 0.3 is 0 Å². The Balaban J connectivity index is 0.00000242. The molecule has 0 bridgehead atoms. The zero-order valence-electron chi connectivity index (χ0n) is 12.8. The third kappa shape index (κ3) is 7.04. The number of carbonyl (C=O) groups excluding carboxylic acids is 1. The van der Waals surface area contributed by atoms with Crippen LogP contribution in [0.4, 0.5) is 0 Å². The summed E-state index contributed by atoms with van der Waals surface area (Å²) in [6.45, 7) is 1.36. The molecule has 4 N–H and O–H groups in total. The van der Waals surface area contributed by atoms with Crippen molar-refractivity contribution in [3.8, 4) is 0 Å². The first-order valence-electron chi connectivity index (χ1n) is 7.27. The van der Waals surface area contributed by atoms with Crippen molar-refractivity contribution in [2.24, 2.45) is 28.3 Å². The van der Waals surface area contributed by atoms with Gasteiger partial charge in [-0.05, 0) is 56.2 Å². The molecule has 6 nitrogen and oxygen atoms in total. The molecular formula is C16H27N4O2Y-. The van der Waals surface area contributed by atoms with E-state index in [0.29, 0.717) is 30.7 Å². The van der Waals surface area contributed by atoms with Gasteiger partial charge in [0.15, 0.2) is 11.7 Å². The Morgan fingerprint density at radius 2 is 1.91 bits per heavy atom. The maximum atomic E-state index is 12.0. The van der Waals surface area contributed by atoms with E-state index in [2.05, 4.69) is 12.0 Å². The molecule has 1 aliphatic carbocycles. The maximum absolute atomic E-state index is 12.0. The van der Waals surface area contributed by atoms with Gasteiger partial charge in [-0.1, -0.05) is 7.43 Å². The maximum Gasteiger partial charge on any atom is 0.260 e. The zero-order chi connectivity index (χ0) is 15.2. The number of carbonyl (C=O) groups is 1. The van der Waals surface area contributed by atoms with Crippen LogP contribution in [0.25, 0.3) is 0 Å². The van der Waals surface area contributed by atoms with Gasteiger partial charge in [0.25, 0.3) is 5.91 Å². The van der Waals surface area contributed by atoms with E-state index in [1.54, 1.807) is 12.1 Å². The number of nitrogens with two attached hydrogens (primary N) is 2. The van der Waals surface area contributed by atoms with Crippen molar-refractivity contribution in [3.05, 3.63) is 31.2 Å². The van der Waals surface area contributed by atoms with Crippen molar-refractivity contribution in [1.29, 1.82) is 0 Å². The molecule has 0 unspecified atom stereocenters. The summed E-state index contributed by atoms with van der Waals surface area (Å²) in [7, 11) is 3.84. The van der Waals surface area contributed by atoms with Crippen LogP contribution in [0.5, 0.6) is 0 Å². The van der Waals surface area contributed by atoms with Gasteiger partial charge in [0, 0.05) is 39.3 Å². The Labute approximate surface area is 163 Å². The van der Waals surface area contributed by atoms with Gasteiger partial charge in [0.2, 0.25) is 0 Å². The molecule has 1 heterocycles. The van der Waals surface area contributed by atoms with E-state index < -0.39 is 0 Å². The molecule has 7 heteroatoms. The molecule has 1 amide bonds. The average molecular weight is 396 g/mol. The third-order valence-corrected chi connectivity index (χ3v) is 4.00. The van der Waals surface area contributed by atoms with Gasteiger partial charge in [0.1, 0.15) is 0 Å². The molecule has 1 radical (unpaired) electrons. The Hall–Kier alpha value is -0.876. The van der Waals surface area contributed by atoms with E-state index in [1.165, 1.54) is 11.2 Å². The van der Waals surface area contributed by atoms with Gasteiger partial charge in [-0.25, -0.2) is 0 Å². The summed E-state index contributed by atoms with van der Waals surface area (Å²) in [5.74, 6) is 1.36. The second kappa shape index (κ2) is 10.8. The number of furan rings is 1. The fraction of sp³-hybridized carbons (Fsp3) is 0.562. The molecule has 2 rings (SSSR count). The van der Waals surface area contributed by atoms with E-state index in [1.807, 2.05) is 0 Å². The SMILES string of the molecule is C.[CH2-]N(CC1CCC(CN=C(N)N)CC1)C(=O)c1ccco1.[Y]. The molecular weight excluding hydrogens is 369 g/mol. The van der Waals surface area contributed by atoms with Crippen LogP contribution in [0.3, 0.4) is 0 Å². The Morgan fingerprint density at radius 1 is 1.30 bits per heavy atom. The molecule has 0 spiro atoms. The molecule has 127 valence electrons. The molecule has 1 aromatic heterocycles. The van der Waals surface area contributed by atoms with Crippen molar-refractivity contribution >= 4 is 11.9 Å². The van der Waals surface area contributed by atoms with Crippen LogP contribution in [0.1, 0.15) is 43.7 Å². The topological polar surface area (TPSA) is 97.9 Å². The fourth-order valence-electron chi connectivity index (χ4n) is 2.78. The van der Waals surface area contributed by atoms with Crippen molar-refractivity contribution in [3.63, 3.8) is 0 Å². The van der Waals surface area contributed by atoms with E-state index in [0.717, 1.165) is 25.7 Å². The van der Waals surface area contributed by atoms with E-state index in [9.17, 15) is 4.79 Å². The number of nitrogens with zero attached hydrogens (tertiary/aromatic N) is 2. The average Bonchev–Trinajstić information content (AvgIpc) is 2.99. The predicted molar refractivity (Wildman–Crippen MR) is 88.0 cm³/mol. The molecule has 0 aliphatic heterocycles. The first-order valence-corrected chi connectivity index (χ1v) is 7.27. The summed E-state index contributed by atoms with van der Waals surface area (Å²) in [4.78, 5) is 17.6. The number of amides is 1. The molecule has 0 atom stereocenters. The summed E-state index contributed by atoms with van der Waals surface area (Å²) in [5.41, 5.74) is 10.7. The number of hydrogen-bond donors (Lipinski definition) is 2. The molecule has 1 aromatic rings. The molecule has 0 aromatic carbocycles. The smallest absolute Gasteiger partial charge is 0.260 e. The number of guanidine groups is 1. The second-order valence-corrected chi connectivity index (χ2v) is 5.66. The Morgan fingerprint density at radius 3 is 2.43 bits per heavy atom. The normalized spacial score (nSPS) is 19.9. The monoisotopic (exact) mass is 396 g/mol. The third-order valence-electron chi connectivity index (χ3n) is 4.00. The molecule has 0 saturated heterocycles. The van der Waals surface area contributed by atoms with Gasteiger partial charge in [0.05, 0.1) is 6.26 Å². The van der Waals surface area contributed by atoms with Crippen LogP contribution < -0.4 is 11.5 Å². The second-order valence-electron chi connectivity index (χ2n) is 5.66. The first-order chi connectivity index (χ1) is 10.1. The van der Waals surface area contributed by atoms with E-state index >= 15 is 0 Å². The fourth-order valence-corrected chi connectivity index (χ4v) is 2.78. The summed E-state index contributed by atoms with van der Waals surface area (Å²) >= 11 is 0. The Bertz CT molecular complexity index is 478. The van der Waals surface area contributed by atoms with E-state index in [-0.39, 0.29) is 52.0 Å². The summed E-state index contributed by atoms with van der Waals surface area (Å²) in [6, 6.07) is 3.36. The minimum absolute atomic E-state index is 0. The molecule has 1 aliphatic rings. The minimum atomic E-state index is -0.164. The van der Waals surface area contributed by atoms with E-state index in [4.69, 9.17) is 15.9 Å². The van der Waals surface area contributed by atoms with Crippen molar-refractivity contribution in [2.45, 2.75) is 33.1 Å². The minimum Gasteiger partial charge on any atom is -0.489 e. The first kappa shape index (κ1) is 22.1. The molecule has 1 saturated carbocycles. The van der Waals surface area contributed by atoms with Gasteiger partial charge in [-0.2, -0.15) is 0 Å². The van der Waals surface area contributed by atoms with Crippen molar-refractivity contribution in [2.75, 3.05) is 13.1 Å². The van der Waals surface area contributed by atoms with Gasteiger partial charge < -0.3 is 20.8 Å². The van der Waals surface area contributed by atoms with Crippen LogP contribution >= 0.6 is 0 Å². The summed E-state index contributed by atoms with van der Waals surface area (Å²) in [5, 5.41) is 0. The zero-order valence-corrected chi connectivity index (χ0v) is 15.6. The van der Waals surface area contributed by atoms with Gasteiger partial charge in [-0.15, -0.1) is 0 Å².